The minimum atomic E-state index is -0.320. The Morgan fingerprint density at radius 2 is 2.43 bits per heavy atom. The van der Waals surface area contributed by atoms with Crippen molar-refractivity contribution in [2.24, 2.45) is 0 Å². The van der Waals surface area contributed by atoms with Crippen LogP contribution in [0.4, 0.5) is 0 Å². The maximum atomic E-state index is 9.90. The van der Waals surface area contributed by atoms with Crippen molar-refractivity contribution in [1.82, 2.24) is 0 Å². The highest BCUT2D eigenvalue weighted by molar-refractivity contribution is 5.66. The van der Waals surface area contributed by atoms with E-state index in [0.29, 0.717) is 0 Å². The third-order valence-electron chi connectivity index (χ3n) is 0.330. The summed E-state index contributed by atoms with van der Waals surface area (Å²) in [4.78, 5) is 9.90. The highest BCUT2D eigenvalue weighted by Crippen LogP contribution is 1.80. The number of esters is 1. The van der Waals surface area contributed by atoms with Crippen LogP contribution in [0.25, 0.3) is 0 Å². The topological polar surface area (TPSA) is 26.3 Å². The Morgan fingerprint density at radius 1 is 1.86 bits per heavy atom. The lowest BCUT2D eigenvalue weighted by atomic mass is 10.7. The van der Waals surface area contributed by atoms with Gasteiger partial charge < -0.3 is 4.74 Å². The Kier molecular flexibility index (Phi) is 3.02. The Bertz CT molecular complexity index is 76.1. The van der Waals surface area contributed by atoms with E-state index in [-0.39, 0.29) is 5.97 Å². The maximum absolute atomic E-state index is 9.90. The summed E-state index contributed by atoms with van der Waals surface area (Å²) in [5.74, 6) is -0.320. The summed E-state index contributed by atoms with van der Waals surface area (Å²) < 4.78 is 4.31. The smallest absolute Gasteiger partial charge is 0.303 e. The van der Waals surface area contributed by atoms with Gasteiger partial charge in [0.05, 0.1) is 0 Å². The van der Waals surface area contributed by atoms with Crippen LogP contribution in [0.1, 0.15) is 6.92 Å². The number of ether oxygens (including phenoxy) is 1. The molecule has 0 aromatic heterocycles. The molecule has 0 aliphatic carbocycles. The van der Waals surface area contributed by atoms with Gasteiger partial charge in [0.1, 0.15) is 0 Å². The predicted molar refractivity (Wildman–Crippen MR) is 26.3 cm³/mol. The summed E-state index contributed by atoms with van der Waals surface area (Å²) >= 11 is 0. The zero-order valence-corrected chi connectivity index (χ0v) is 4.18. The summed E-state index contributed by atoms with van der Waals surface area (Å²) in [5, 5.41) is 0. The Hall–Kier alpha value is -0.790. The Morgan fingerprint density at radius 3 is 2.57 bits per heavy atom. The van der Waals surface area contributed by atoms with E-state index < -0.39 is 0 Å². The first-order chi connectivity index (χ1) is 3.27. The van der Waals surface area contributed by atoms with Gasteiger partial charge in [0.25, 0.3) is 0 Å². The Balaban J connectivity index is 2.97. The monoisotopic (exact) mass is 99.0 g/mol. The summed E-state index contributed by atoms with van der Waals surface area (Å²) in [6.07, 6.45) is 1.40. The summed E-state index contributed by atoms with van der Waals surface area (Å²) in [6.45, 7) is 5.87. The van der Waals surface area contributed by atoms with Crippen LogP contribution < -0.4 is 0 Å². The second-order valence-corrected chi connectivity index (χ2v) is 0.981. The molecule has 0 saturated carbocycles. The lowest BCUT2D eigenvalue weighted by Gasteiger charge is -1.89. The van der Waals surface area contributed by atoms with Gasteiger partial charge in [-0.1, -0.05) is 6.58 Å². The molecule has 0 N–H and O–H groups in total. The van der Waals surface area contributed by atoms with Crippen LogP contribution in [0, 0.1) is 6.61 Å². The molecule has 2 nitrogen and oxygen atoms in total. The molecular formula is C5H7O2. The summed E-state index contributed by atoms with van der Waals surface area (Å²) in [5.41, 5.74) is 0. The minimum absolute atomic E-state index is 0.320. The molecule has 0 rings (SSSR count). The van der Waals surface area contributed by atoms with Gasteiger partial charge in [-0.25, -0.2) is 0 Å². The second-order valence-electron chi connectivity index (χ2n) is 0.981. The van der Waals surface area contributed by atoms with Crippen LogP contribution in [-0.4, -0.2) is 5.97 Å². The normalized spacial score (nSPS) is 7.57. The average Bonchev–Trinajstić information content (AvgIpc) is 1.61. The highest BCUT2D eigenvalue weighted by atomic mass is 16.5. The zero-order valence-electron chi connectivity index (χ0n) is 4.18. The number of carbonyl (C=O) groups is 1. The fraction of sp³-hybridized carbons (Fsp3) is 0.200. The van der Waals surface area contributed by atoms with Crippen LogP contribution in [0.3, 0.4) is 0 Å². The zero-order chi connectivity index (χ0) is 5.70. The molecule has 0 spiro atoms. The molecular weight excluding hydrogens is 92.1 g/mol. The third kappa shape index (κ3) is 5.21. The van der Waals surface area contributed by atoms with E-state index in [0.717, 1.165) is 0 Å². The van der Waals surface area contributed by atoms with E-state index in [1.165, 1.54) is 19.6 Å². The average molecular weight is 99.1 g/mol. The van der Waals surface area contributed by atoms with Crippen molar-refractivity contribution in [1.29, 1.82) is 0 Å². The van der Waals surface area contributed by atoms with Gasteiger partial charge in [-0.15, -0.1) is 0 Å². The fourth-order valence-electron chi connectivity index (χ4n) is 0.144. The molecule has 0 saturated heterocycles. The van der Waals surface area contributed by atoms with Crippen molar-refractivity contribution in [3.63, 3.8) is 0 Å². The van der Waals surface area contributed by atoms with Crippen LogP contribution in [0.2, 0.25) is 0 Å². The summed E-state index contributed by atoms with van der Waals surface area (Å²) in [7, 11) is 0. The van der Waals surface area contributed by atoms with E-state index in [2.05, 4.69) is 11.3 Å². The van der Waals surface area contributed by atoms with Crippen molar-refractivity contribution in [2.45, 2.75) is 6.92 Å². The molecule has 0 amide bonds. The molecule has 0 aliphatic heterocycles. The molecule has 1 radical (unpaired) electrons. The van der Waals surface area contributed by atoms with Crippen molar-refractivity contribution >= 4 is 5.97 Å². The molecule has 0 aromatic carbocycles. The van der Waals surface area contributed by atoms with Crippen LogP contribution >= 0.6 is 0 Å². The van der Waals surface area contributed by atoms with E-state index in [9.17, 15) is 4.79 Å². The van der Waals surface area contributed by atoms with Gasteiger partial charge in [-0.3, -0.25) is 4.79 Å². The van der Waals surface area contributed by atoms with Crippen molar-refractivity contribution in [2.75, 3.05) is 0 Å². The van der Waals surface area contributed by atoms with Crippen molar-refractivity contribution in [3.8, 4) is 0 Å². The van der Waals surface area contributed by atoms with Gasteiger partial charge in [0, 0.05) is 6.92 Å². The van der Waals surface area contributed by atoms with Crippen LogP contribution in [-0.2, 0) is 9.53 Å². The van der Waals surface area contributed by atoms with Crippen molar-refractivity contribution in [3.05, 3.63) is 19.3 Å². The molecule has 0 heterocycles. The third-order valence-corrected chi connectivity index (χ3v) is 0.330. The first kappa shape index (κ1) is 6.21. The van der Waals surface area contributed by atoms with Gasteiger partial charge in [0.15, 0.2) is 6.61 Å². The number of hydrogen-bond acceptors (Lipinski definition) is 2. The fourth-order valence-corrected chi connectivity index (χ4v) is 0.144. The highest BCUT2D eigenvalue weighted by Gasteiger charge is 1.84. The first-order valence-electron chi connectivity index (χ1n) is 1.89. The van der Waals surface area contributed by atoms with Gasteiger partial charge in [-0.2, -0.15) is 0 Å². The van der Waals surface area contributed by atoms with Crippen LogP contribution in [0.5, 0.6) is 0 Å². The molecule has 0 fully saturated rings. The molecule has 0 aromatic rings. The number of hydrogen-bond donors (Lipinski definition) is 0. The van der Waals surface area contributed by atoms with Gasteiger partial charge >= 0.3 is 5.97 Å². The van der Waals surface area contributed by atoms with E-state index in [4.69, 9.17) is 0 Å². The molecule has 2 heteroatoms. The summed E-state index contributed by atoms with van der Waals surface area (Å²) in [6, 6.07) is 0. The van der Waals surface area contributed by atoms with E-state index in [1.807, 2.05) is 0 Å². The quantitative estimate of drug-likeness (QED) is 0.481. The van der Waals surface area contributed by atoms with Crippen LogP contribution in [0.15, 0.2) is 12.7 Å². The molecule has 0 bridgehead atoms. The first-order valence-corrected chi connectivity index (χ1v) is 1.89. The Labute approximate surface area is 42.8 Å². The standard InChI is InChI=1S/C5H7O2/c1-3-4-7-5(2)6/h3-4H,1H2,2H3. The minimum Gasteiger partial charge on any atom is -0.454 e. The lowest BCUT2D eigenvalue weighted by molar-refractivity contribution is -0.136. The lowest BCUT2D eigenvalue weighted by Crippen LogP contribution is -1.91. The number of carbonyl (C=O) groups excluding carboxylic acids is 1. The number of rotatable bonds is 2. The van der Waals surface area contributed by atoms with E-state index >= 15 is 0 Å². The molecule has 0 unspecified atom stereocenters. The SMILES string of the molecule is C=C[CH]OC(C)=O. The van der Waals surface area contributed by atoms with Gasteiger partial charge in [-0.05, 0) is 6.08 Å². The predicted octanol–water partition coefficient (Wildman–Crippen LogP) is 0.897. The second kappa shape index (κ2) is 3.40. The molecule has 0 aliphatic rings. The largest absolute Gasteiger partial charge is 0.454 e. The molecule has 7 heavy (non-hydrogen) atoms. The maximum Gasteiger partial charge on any atom is 0.303 e. The van der Waals surface area contributed by atoms with Crippen molar-refractivity contribution < 1.29 is 9.53 Å². The molecule has 0 atom stereocenters. The van der Waals surface area contributed by atoms with E-state index in [1.54, 1.807) is 0 Å². The molecule has 39 valence electrons. The van der Waals surface area contributed by atoms with Gasteiger partial charge in [0.2, 0.25) is 0 Å².